The summed E-state index contributed by atoms with van der Waals surface area (Å²) in [6.07, 6.45) is 29.2. The van der Waals surface area contributed by atoms with E-state index in [0.717, 1.165) is 64.2 Å². The van der Waals surface area contributed by atoms with Gasteiger partial charge in [-0.25, -0.2) is 0 Å². The van der Waals surface area contributed by atoms with E-state index in [-0.39, 0.29) is 6.42 Å². The molecule has 0 bridgehead atoms. The van der Waals surface area contributed by atoms with Gasteiger partial charge in [-0.1, -0.05) is 141 Å². The molecule has 0 aromatic rings. The quantitative estimate of drug-likeness (QED) is 0.0615. The SMILES string of the molecule is O=C(O)C(CCCCCCCCCCCCCCO)CC(CCCCCCCCCCCCCCO)C(=O)O. The van der Waals surface area contributed by atoms with Crippen molar-refractivity contribution in [1.82, 2.24) is 0 Å². The molecule has 0 aliphatic carbocycles. The van der Waals surface area contributed by atoms with Crippen molar-refractivity contribution in [2.75, 3.05) is 13.2 Å². The van der Waals surface area contributed by atoms with Gasteiger partial charge < -0.3 is 20.4 Å². The molecule has 0 aliphatic rings. The maximum absolute atomic E-state index is 11.8. The highest BCUT2D eigenvalue weighted by molar-refractivity contribution is 5.73. The lowest BCUT2D eigenvalue weighted by molar-refractivity contribution is -0.146. The summed E-state index contributed by atoms with van der Waals surface area (Å²) in [4.78, 5) is 23.6. The van der Waals surface area contributed by atoms with Crippen LogP contribution in [0.25, 0.3) is 0 Å². The summed E-state index contributed by atoms with van der Waals surface area (Å²) in [5, 5.41) is 36.9. The standard InChI is InChI=1S/C33H64O6/c34-27-23-19-15-11-7-3-1-5-9-13-17-21-25-30(32(36)37)29-31(33(38)39)26-22-18-14-10-6-2-4-8-12-16-20-24-28-35/h30-31,34-35H,1-29H2,(H,36,37)(H,38,39). The van der Waals surface area contributed by atoms with E-state index in [1.165, 1.54) is 89.9 Å². The lowest BCUT2D eigenvalue weighted by Gasteiger charge is -2.18. The minimum absolute atomic E-state index is 0.265. The second-order valence-corrected chi connectivity index (χ2v) is 11.8. The maximum atomic E-state index is 11.8. The average Bonchev–Trinajstić information content (AvgIpc) is 2.91. The van der Waals surface area contributed by atoms with E-state index in [1.807, 2.05) is 0 Å². The van der Waals surface area contributed by atoms with Crippen molar-refractivity contribution in [3.05, 3.63) is 0 Å². The van der Waals surface area contributed by atoms with E-state index in [0.29, 0.717) is 26.1 Å². The fourth-order valence-electron chi connectivity index (χ4n) is 5.57. The Labute approximate surface area is 240 Å². The zero-order valence-electron chi connectivity index (χ0n) is 25.3. The Hall–Kier alpha value is -1.14. The van der Waals surface area contributed by atoms with Gasteiger partial charge in [0, 0.05) is 13.2 Å². The van der Waals surface area contributed by atoms with E-state index in [4.69, 9.17) is 10.2 Å². The van der Waals surface area contributed by atoms with Gasteiger partial charge in [-0.2, -0.15) is 0 Å². The first-order valence-electron chi connectivity index (χ1n) is 16.7. The van der Waals surface area contributed by atoms with Gasteiger partial charge in [-0.15, -0.1) is 0 Å². The summed E-state index contributed by atoms with van der Waals surface area (Å²) < 4.78 is 0. The molecule has 0 aromatic carbocycles. The predicted molar refractivity (Wildman–Crippen MR) is 161 cm³/mol. The third-order valence-corrected chi connectivity index (χ3v) is 8.19. The molecule has 2 atom stereocenters. The Bertz CT molecular complexity index is 492. The first-order valence-corrected chi connectivity index (χ1v) is 16.7. The van der Waals surface area contributed by atoms with E-state index in [1.54, 1.807) is 0 Å². The van der Waals surface area contributed by atoms with Crippen LogP contribution < -0.4 is 0 Å². The molecule has 6 nitrogen and oxygen atoms in total. The Kier molecular flexibility index (Phi) is 29.0. The van der Waals surface area contributed by atoms with Crippen LogP contribution in [-0.4, -0.2) is 45.6 Å². The van der Waals surface area contributed by atoms with Crippen LogP contribution >= 0.6 is 0 Å². The molecule has 39 heavy (non-hydrogen) atoms. The van der Waals surface area contributed by atoms with Crippen molar-refractivity contribution >= 4 is 11.9 Å². The molecule has 0 spiro atoms. The van der Waals surface area contributed by atoms with Gasteiger partial charge in [0.05, 0.1) is 11.8 Å². The molecule has 0 rings (SSSR count). The Morgan fingerprint density at radius 2 is 0.564 bits per heavy atom. The highest BCUT2D eigenvalue weighted by Gasteiger charge is 2.26. The first kappa shape index (κ1) is 37.9. The number of aliphatic hydroxyl groups is 2. The molecule has 4 N–H and O–H groups in total. The number of rotatable bonds is 32. The van der Waals surface area contributed by atoms with Gasteiger partial charge in [0.15, 0.2) is 0 Å². The monoisotopic (exact) mass is 556 g/mol. The largest absolute Gasteiger partial charge is 0.481 e. The van der Waals surface area contributed by atoms with Crippen molar-refractivity contribution in [3.8, 4) is 0 Å². The third kappa shape index (κ3) is 26.8. The number of unbranched alkanes of at least 4 members (excludes halogenated alkanes) is 22. The van der Waals surface area contributed by atoms with Crippen LogP contribution in [0.15, 0.2) is 0 Å². The molecule has 0 heterocycles. The smallest absolute Gasteiger partial charge is 0.306 e. The fourth-order valence-corrected chi connectivity index (χ4v) is 5.57. The molecule has 2 unspecified atom stereocenters. The van der Waals surface area contributed by atoms with Crippen molar-refractivity contribution in [2.24, 2.45) is 11.8 Å². The molecule has 0 aliphatic heterocycles. The number of carboxylic acids is 2. The normalized spacial score (nSPS) is 13.0. The molecule has 0 saturated heterocycles. The molecule has 6 heteroatoms. The summed E-state index contributed by atoms with van der Waals surface area (Å²) in [7, 11) is 0. The fraction of sp³-hybridized carbons (Fsp3) is 0.939. The predicted octanol–water partition coefficient (Wildman–Crippen LogP) is 8.91. The van der Waals surface area contributed by atoms with Crippen molar-refractivity contribution in [1.29, 1.82) is 0 Å². The van der Waals surface area contributed by atoms with Gasteiger partial charge >= 0.3 is 11.9 Å². The number of hydrogen-bond acceptors (Lipinski definition) is 4. The summed E-state index contributed by atoms with van der Waals surface area (Å²) in [5.41, 5.74) is 0. The van der Waals surface area contributed by atoms with Crippen LogP contribution in [0.4, 0.5) is 0 Å². The summed E-state index contributed by atoms with van der Waals surface area (Å²) in [6, 6.07) is 0. The van der Waals surface area contributed by atoms with Gasteiger partial charge in [0.1, 0.15) is 0 Å². The number of aliphatic carboxylic acids is 2. The summed E-state index contributed by atoms with van der Waals surface area (Å²) >= 11 is 0. The number of carbonyl (C=O) groups is 2. The maximum Gasteiger partial charge on any atom is 0.306 e. The van der Waals surface area contributed by atoms with Crippen LogP contribution in [0, 0.1) is 11.8 Å². The summed E-state index contributed by atoms with van der Waals surface area (Å²) in [5.74, 6) is -2.76. The van der Waals surface area contributed by atoms with E-state index in [2.05, 4.69) is 0 Å². The van der Waals surface area contributed by atoms with E-state index >= 15 is 0 Å². The topological polar surface area (TPSA) is 115 Å². The van der Waals surface area contributed by atoms with Crippen molar-refractivity contribution in [2.45, 2.75) is 173 Å². The van der Waals surface area contributed by atoms with Crippen LogP contribution in [0.3, 0.4) is 0 Å². The summed E-state index contributed by atoms with van der Waals surface area (Å²) in [6.45, 7) is 0.617. The number of carboxylic acid groups (broad SMARTS) is 2. The molecule has 0 fully saturated rings. The average molecular weight is 557 g/mol. The number of aliphatic hydroxyl groups excluding tert-OH is 2. The zero-order valence-corrected chi connectivity index (χ0v) is 25.3. The molecule has 0 saturated carbocycles. The Morgan fingerprint density at radius 3 is 0.769 bits per heavy atom. The third-order valence-electron chi connectivity index (χ3n) is 8.19. The van der Waals surface area contributed by atoms with Crippen molar-refractivity contribution in [3.63, 3.8) is 0 Å². The van der Waals surface area contributed by atoms with Crippen LogP contribution in [0.1, 0.15) is 173 Å². The lowest BCUT2D eigenvalue weighted by atomic mass is 9.87. The van der Waals surface area contributed by atoms with Crippen molar-refractivity contribution < 1.29 is 30.0 Å². The van der Waals surface area contributed by atoms with Gasteiger partial charge in [0.2, 0.25) is 0 Å². The lowest BCUT2D eigenvalue weighted by Crippen LogP contribution is -2.23. The number of hydrogen-bond donors (Lipinski definition) is 4. The Balaban J connectivity index is 3.82. The highest BCUT2D eigenvalue weighted by atomic mass is 16.4. The molecular formula is C33H64O6. The second-order valence-electron chi connectivity index (χ2n) is 11.8. The molecular weight excluding hydrogens is 492 g/mol. The van der Waals surface area contributed by atoms with E-state index < -0.39 is 23.8 Å². The van der Waals surface area contributed by atoms with Crippen LogP contribution in [-0.2, 0) is 9.59 Å². The van der Waals surface area contributed by atoms with Gasteiger partial charge in [-0.05, 0) is 32.1 Å². The first-order chi connectivity index (χ1) is 19.0. The van der Waals surface area contributed by atoms with Gasteiger partial charge in [-0.3, -0.25) is 9.59 Å². The second kappa shape index (κ2) is 29.8. The minimum atomic E-state index is -0.839. The van der Waals surface area contributed by atoms with Crippen LogP contribution in [0.2, 0.25) is 0 Å². The zero-order chi connectivity index (χ0) is 28.8. The minimum Gasteiger partial charge on any atom is -0.481 e. The molecule has 232 valence electrons. The molecule has 0 radical (unpaired) electrons. The molecule has 0 amide bonds. The molecule has 0 aromatic heterocycles. The van der Waals surface area contributed by atoms with Gasteiger partial charge in [0.25, 0.3) is 0 Å². The van der Waals surface area contributed by atoms with E-state index in [9.17, 15) is 19.8 Å². The Morgan fingerprint density at radius 1 is 0.359 bits per heavy atom. The highest BCUT2D eigenvalue weighted by Crippen LogP contribution is 2.25. The van der Waals surface area contributed by atoms with Crippen LogP contribution in [0.5, 0.6) is 0 Å².